The van der Waals surface area contributed by atoms with Crippen LogP contribution < -0.4 is 5.32 Å². The number of carbonyl (C=O) groups is 1. The van der Waals surface area contributed by atoms with Crippen LogP contribution >= 0.6 is 27.7 Å². The summed E-state index contributed by atoms with van der Waals surface area (Å²) in [5, 5.41) is 2.58. The van der Waals surface area contributed by atoms with Gasteiger partial charge in [0.15, 0.2) is 5.16 Å². The van der Waals surface area contributed by atoms with E-state index in [1.54, 1.807) is 36.4 Å². The number of nitrogens with one attached hydrogen (secondary N) is 1. The Balaban J connectivity index is 1.78. The van der Waals surface area contributed by atoms with Gasteiger partial charge >= 0.3 is 6.18 Å². The number of benzene rings is 2. The summed E-state index contributed by atoms with van der Waals surface area (Å²) in [7, 11) is 0. The van der Waals surface area contributed by atoms with Crippen LogP contribution in [0.4, 0.5) is 18.9 Å². The summed E-state index contributed by atoms with van der Waals surface area (Å²) in [6.07, 6.45) is -4.62. The number of hydrogen-bond acceptors (Lipinski definition) is 4. The van der Waals surface area contributed by atoms with Gasteiger partial charge in [-0.15, -0.1) is 0 Å². The van der Waals surface area contributed by atoms with Crippen LogP contribution in [0.15, 0.2) is 64.2 Å². The second-order valence-electron chi connectivity index (χ2n) is 6.13. The molecule has 9 heteroatoms. The van der Waals surface area contributed by atoms with E-state index in [-0.39, 0.29) is 22.5 Å². The van der Waals surface area contributed by atoms with E-state index in [9.17, 15) is 18.0 Å². The van der Waals surface area contributed by atoms with Gasteiger partial charge < -0.3 is 5.32 Å². The first kappa shape index (κ1) is 21.3. The Bertz CT molecular complexity index is 1010. The van der Waals surface area contributed by atoms with E-state index in [1.165, 1.54) is 0 Å². The average molecular weight is 482 g/mol. The van der Waals surface area contributed by atoms with E-state index in [4.69, 9.17) is 0 Å². The highest BCUT2D eigenvalue weighted by atomic mass is 79.9. The van der Waals surface area contributed by atoms with Crippen molar-refractivity contribution in [2.75, 3.05) is 11.1 Å². The molecule has 4 nitrogen and oxygen atoms in total. The number of aryl methyl sites for hydroxylation is 1. The first-order chi connectivity index (χ1) is 13.7. The third-order valence-corrected chi connectivity index (χ3v) is 5.18. The van der Waals surface area contributed by atoms with Crippen LogP contribution in [0.1, 0.15) is 11.3 Å². The normalized spacial score (nSPS) is 11.3. The lowest BCUT2D eigenvalue weighted by Crippen LogP contribution is -2.15. The maximum atomic E-state index is 13.3. The molecule has 0 aliphatic rings. The molecule has 0 aliphatic heterocycles. The van der Waals surface area contributed by atoms with Crippen molar-refractivity contribution in [1.29, 1.82) is 0 Å². The molecule has 0 radical (unpaired) electrons. The summed E-state index contributed by atoms with van der Waals surface area (Å²) in [5.41, 5.74) is 1.28. The number of carbonyl (C=O) groups excluding carboxylic acids is 1. The lowest BCUT2D eigenvalue weighted by molar-refractivity contribution is -0.141. The van der Waals surface area contributed by atoms with Gasteiger partial charge in [-0.05, 0) is 37.3 Å². The largest absolute Gasteiger partial charge is 0.433 e. The van der Waals surface area contributed by atoms with Gasteiger partial charge in [-0.3, -0.25) is 4.79 Å². The molecular formula is C20H15BrF3N3OS. The molecule has 0 aliphatic carbocycles. The van der Waals surface area contributed by atoms with Crippen LogP contribution in [0.3, 0.4) is 0 Å². The molecule has 1 N–H and O–H groups in total. The Morgan fingerprint density at radius 2 is 1.72 bits per heavy atom. The Morgan fingerprint density at radius 3 is 2.34 bits per heavy atom. The van der Waals surface area contributed by atoms with Crippen molar-refractivity contribution in [2.45, 2.75) is 18.3 Å². The Morgan fingerprint density at radius 1 is 1.07 bits per heavy atom. The third-order valence-electron chi connectivity index (χ3n) is 3.80. The number of nitrogens with zero attached hydrogens (tertiary/aromatic N) is 2. The Kier molecular flexibility index (Phi) is 6.59. The molecule has 0 saturated heterocycles. The molecule has 0 bridgehead atoms. The van der Waals surface area contributed by atoms with Crippen molar-refractivity contribution in [1.82, 2.24) is 9.97 Å². The van der Waals surface area contributed by atoms with Gasteiger partial charge in [0.2, 0.25) is 5.91 Å². The molecule has 0 spiro atoms. The smallest absolute Gasteiger partial charge is 0.325 e. The molecule has 3 rings (SSSR count). The second kappa shape index (κ2) is 8.96. The zero-order chi connectivity index (χ0) is 21.0. The van der Waals surface area contributed by atoms with Crippen molar-refractivity contribution in [3.63, 3.8) is 0 Å². The van der Waals surface area contributed by atoms with E-state index in [1.807, 2.05) is 19.1 Å². The fraction of sp³-hybridized carbons (Fsp3) is 0.150. The monoisotopic (exact) mass is 481 g/mol. The first-order valence-corrected chi connectivity index (χ1v) is 10.2. The zero-order valence-electron chi connectivity index (χ0n) is 15.1. The van der Waals surface area contributed by atoms with Gasteiger partial charge in [0, 0.05) is 15.7 Å². The molecular weight excluding hydrogens is 467 g/mol. The standard InChI is InChI=1S/C20H15BrF3N3OS/c1-12-2-8-15(9-3-12)25-18(28)11-29-19-26-16(10-17(27-19)20(22,23)24)13-4-6-14(21)7-5-13/h2-10H,11H2,1H3,(H,25,28). The molecule has 0 fully saturated rings. The Labute approximate surface area is 178 Å². The highest BCUT2D eigenvalue weighted by Gasteiger charge is 2.34. The summed E-state index contributed by atoms with van der Waals surface area (Å²) < 4.78 is 40.6. The zero-order valence-corrected chi connectivity index (χ0v) is 17.5. The molecule has 0 atom stereocenters. The number of aromatic nitrogens is 2. The van der Waals surface area contributed by atoms with E-state index in [0.29, 0.717) is 11.3 Å². The van der Waals surface area contributed by atoms with Gasteiger partial charge in [0.05, 0.1) is 11.4 Å². The summed E-state index contributed by atoms with van der Waals surface area (Å²) >= 11 is 4.14. The molecule has 1 heterocycles. The summed E-state index contributed by atoms with van der Waals surface area (Å²) in [6, 6.07) is 14.9. The molecule has 3 aromatic rings. The molecule has 2 aromatic carbocycles. The highest BCUT2D eigenvalue weighted by Crippen LogP contribution is 2.32. The number of hydrogen-bond donors (Lipinski definition) is 1. The minimum atomic E-state index is -4.62. The topological polar surface area (TPSA) is 54.9 Å². The summed E-state index contributed by atoms with van der Waals surface area (Å²) in [4.78, 5) is 19.9. The van der Waals surface area contributed by atoms with Crippen LogP contribution in [0.25, 0.3) is 11.3 Å². The quantitative estimate of drug-likeness (QED) is 0.360. The summed E-state index contributed by atoms with van der Waals surface area (Å²) in [5.74, 6) is -0.473. The molecule has 29 heavy (non-hydrogen) atoms. The Hall–Kier alpha value is -2.39. The minimum absolute atomic E-state index is 0.114. The first-order valence-electron chi connectivity index (χ1n) is 8.42. The van der Waals surface area contributed by atoms with Gasteiger partial charge in [-0.1, -0.05) is 57.5 Å². The van der Waals surface area contributed by atoms with Crippen LogP contribution in [0, 0.1) is 6.92 Å². The molecule has 1 amide bonds. The molecule has 0 saturated carbocycles. The second-order valence-corrected chi connectivity index (χ2v) is 7.99. The number of alkyl halides is 3. The van der Waals surface area contributed by atoms with Crippen molar-refractivity contribution in [3.8, 4) is 11.3 Å². The van der Waals surface area contributed by atoms with E-state index in [2.05, 4.69) is 31.2 Å². The fourth-order valence-corrected chi connectivity index (χ4v) is 3.29. The predicted octanol–water partition coefficient (Wildman–Crippen LogP) is 5.96. The molecule has 1 aromatic heterocycles. The van der Waals surface area contributed by atoms with E-state index < -0.39 is 11.9 Å². The SMILES string of the molecule is Cc1ccc(NC(=O)CSc2nc(-c3ccc(Br)cc3)cc(C(F)(F)F)n2)cc1. The highest BCUT2D eigenvalue weighted by molar-refractivity contribution is 9.10. The predicted molar refractivity (Wildman–Crippen MR) is 111 cm³/mol. The lowest BCUT2D eigenvalue weighted by Gasteiger charge is -2.11. The fourth-order valence-electron chi connectivity index (χ4n) is 2.37. The number of halogens is 4. The van der Waals surface area contributed by atoms with Crippen LogP contribution in [0.5, 0.6) is 0 Å². The average Bonchev–Trinajstić information content (AvgIpc) is 2.68. The molecule has 150 valence electrons. The molecule has 0 unspecified atom stereocenters. The van der Waals surface area contributed by atoms with Crippen molar-refractivity contribution < 1.29 is 18.0 Å². The van der Waals surface area contributed by atoms with Gasteiger partial charge in [0.1, 0.15) is 5.69 Å². The number of anilines is 1. The third kappa shape index (κ3) is 6.04. The van der Waals surface area contributed by atoms with Crippen LogP contribution in [0.2, 0.25) is 0 Å². The van der Waals surface area contributed by atoms with Gasteiger partial charge in [-0.2, -0.15) is 13.2 Å². The van der Waals surface area contributed by atoms with E-state index in [0.717, 1.165) is 27.9 Å². The number of rotatable bonds is 5. The summed E-state index contributed by atoms with van der Waals surface area (Å²) in [6.45, 7) is 1.93. The van der Waals surface area contributed by atoms with Crippen molar-refractivity contribution in [2.24, 2.45) is 0 Å². The lowest BCUT2D eigenvalue weighted by atomic mass is 10.1. The number of amides is 1. The maximum Gasteiger partial charge on any atom is 0.433 e. The number of thioether (sulfide) groups is 1. The van der Waals surface area contributed by atoms with E-state index >= 15 is 0 Å². The minimum Gasteiger partial charge on any atom is -0.325 e. The maximum absolute atomic E-state index is 13.3. The van der Waals surface area contributed by atoms with Crippen LogP contribution in [-0.2, 0) is 11.0 Å². The van der Waals surface area contributed by atoms with Crippen molar-refractivity contribution >= 4 is 39.3 Å². The van der Waals surface area contributed by atoms with Gasteiger partial charge in [0.25, 0.3) is 0 Å². The van der Waals surface area contributed by atoms with Crippen LogP contribution in [-0.4, -0.2) is 21.6 Å². The van der Waals surface area contributed by atoms with Crippen molar-refractivity contribution in [3.05, 3.63) is 70.3 Å². The van der Waals surface area contributed by atoms with Gasteiger partial charge in [-0.25, -0.2) is 9.97 Å².